The predicted octanol–water partition coefficient (Wildman–Crippen LogP) is 4.95. The molecule has 2 rings (SSSR count). The van der Waals surface area contributed by atoms with Crippen LogP contribution in [-0.4, -0.2) is 274 Å². The zero-order valence-corrected chi connectivity index (χ0v) is 61.6. The minimum atomic E-state index is -1.06. The lowest BCUT2D eigenvalue weighted by atomic mass is 10.0. The number of nitrogens with one attached hydrogen (secondary N) is 5. The van der Waals surface area contributed by atoms with Crippen molar-refractivity contribution in [3.63, 3.8) is 0 Å². The van der Waals surface area contributed by atoms with Crippen molar-refractivity contribution in [2.45, 2.75) is 110 Å². The molecule has 2 aromatic rings. The van der Waals surface area contributed by atoms with Crippen LogP contribution in [0.15, 0.2) is 35.6 Å². The first-order chi connectivity index (χ1) is 46.7. The maximum Gasteiger partial charge on any atom is 0.407 e. The van der Waals surface area contributed by atoms with E-state index in [0.717, 1.165) is 11.5 Å². The molecular weight excluding hydrogens is 1350 g/mol. The molecule has 0 aliphatic heterocycles. The number of thiol groups is 1. The molecule has 0 aliphatic rings. The topological polar surface area (TPSA) is 353 Å². The highest BCUT2D eigenvalue weighted by molar-refractivity contribution is 8.68. The van der Waals surface area contributed by atoms with Crippen LogP contribution in [0.1, 0.15) is 79.5 Å². The highest BCUT2D eigenvalue weighted by atomic mass is 33.1. The molecule has 6 amide bonds. The van der Waals surface area contributed by atoms with Gasteiger partial charge in [0.15, 0.2) is 6.61 Å². The van der Waals surface area contributed by atoms with Crippen molar-refractivity contribution in [2.24, 2.45) is 16.8 Å². The van der Waals surface area contributed by atoms with Gasteiger partial charge in [-0.3, -0.25) is 14.4 Å². The van der Waals surface area contributed by atoms with Crippen molar-refractivity contribution in [3.8, 4) is 0 Å². The normalized spacial score (nSPS) is 12.3. The summed E-state index contributed by atoms with van der Waals surface area (Å²) in [6, 6.07) is 3.82. The van der Waals surface area contributed by atoms with Gasteiger partial charge in [-0.25, -0.2) is 14.3 Å². The van der Waals surface area contributed by atoms with Crippen LogP contribution in [0.25, 0.3) is 0 Å². The number of carbonyl (C=O) groups is 5. The average Bonchev–Trinajstić information content (AvgIpc) is 1.49. The van der Waals surface area contributed by atoms with Gasteiger partial charge in [-0.05, 0) is 36.5 Å². The van der Waals surface area contributed by atoms with Crippen LogP contribution in [0.2, 0.25) is 0 Å². The predicted molar refractivity (Wildman–Crippen MR) is 378 cm³/mol. The molecule has 0 aliphatic carbocycles. The molecule has 0 bridgehead atoms. The number of amides is 6. The zero-order chi connectivity index (χ0) is 70.9. The third-order valence-corrected chi connectivity index (χ3v) is 16.0. The zero-order valence-electron chi connectivity index (χ0n) is 58.3. The number of primary amides is 1. The summed E-state index contributed by atoms with van der Waals surface area (Å²) in [6.45, 7) is 28.8. The Labute approximate surface area is 591 Å². The molecule has 0 fully saturated rings. The largest absolute Gasteiger partial charge is 0.445 e. The van der Waals surface area contributed by atoms with Crippen molar-refractivity contribution >= 4 is 87.2 Å². The highest BCUT2D eigenvalue weighted by Crippen LogP contribution is 2.27. The van der Waals surface area contributed by atoms with Crippen molar-refractivity contribution in [1.82, 2.24) is 36.3 Å². The number of urea groups is 1. The molecule has 1 aromatic carbocycles. The molecular formula is C63H112N10O20S4. The summed E-state index contributed by atoms with van der Waals surface area (Å²) in [5.74, 6) is 0.0897. The number of oxime groups is 1. The van der Waals surface area contributed by atoms with E-state index in [2.05, 4.69) is 95.3 Å². The Morgan fingerprint density at radius 1 is 0.588 bits per heavy atom. The second kappa shape index (κ2) is 58.3. The first kappa shape index (κ1) is 88.7. The molecule has 7 N–H and O–H groups in total. The number of benzene rings is 1. The summed E-state index contributed by atoms with van der Waals surface area (Å²) in [5.41, 5.74) is 7.60. The van der Waals surface area contributed by atoms with Crippen LogP contribution >= 0.6 is 46.0 Å². The fourth-order valence-electron chi connectivity index (χ4n) is 7.47. The number of nitrogens with two attached hydrogens (primary N) is 1. The van der Waals surface area contributed by atoms with Gasteiger partial charge >= 0.3 is 12.1 Å². The van der Waals surface area contributed by atoms with E-state index in [-0.39, 0.29) is 41.5 Å². The summed E-state index contributed by atoms with van der Waals surface area (Å²) >= 11 is 7.51. The molecule has 2 atom stereocenters. The molecule has 1 heterocycles. The monoisotopic (exact) mass is 1460 g/mol. The second-order valence-corrected chi connectivity index (χ2v) is 28.4. The molecule has 97 heavy (non-hydrogen) atoms. The standard InChI is InChI=1S/C63H112N10O20S4/c1-50(2)57(69-56(74)47-93-71-54(48-95-62(3,4)5)49-96-63(6,7)8)59(76)68-55(10-9-15-65-60(64)77)58(75)67-52-13-11-51(12-14-52)46-92-61(78)66-44-53-45-73(72-70-53)16-17-79-18-19-80-20-21-81-22-23-82-24-25-83-26-27-84-28-29-85-30-31-86-32-33-87-34-35-88-36-37-89-38-39-90-40-41-91-42-43-97-94/h11-14,45,50,55,57,94H,9-10,15-44,46-49H2,1-8H3,(H,66,78)(H,67,75)(H,68,76)(H,69,74)(H3,64,65,77)/t55-,57-/m0/s1. The van der Waals surface area contributed by atoms with Crippen LogP contribution in [0.4, 0.5) is 15.3 Å². The Kier molecular flexibility index (Phi) is 53.4. The van der Waals surface area contributed by atoms with Gasteiger partial charge < -0.3 is 103 Å². The van der Waals surface area contributed by atoms with E-state index in [1.807, 2.05) is 0 Å². The lowest BCUT2D eigenvalue weighted by molar-refractivity contribution is -0.133. The van der Waals surface area contributed by atoms with Crippen LogP contribution in [0, 0.1) is 5.92 Å². The average molecular weight is 1460 g/mol. The van der Waals surface area contributed by atoms with Crippen molar-refractivity contribution in [2.75, 3.05) is 208 Å². The van der Waals surface area contributed by atoms with E-state index in [1.165, 1.54) is 10.8 Å². The fraction of sp³-hybridized carbons (Fsp3) is 0.778. The van der Waals surface area contributed by atoms with Gasteiger partial charge in [0.25, 0.3) is 5.91 Å². The molecule has 0 spiro atoms. The molecule has 0 radical (unpaired) electrons. The molecule has 0 saturated heterocycles. The summed E-state index contributed by atoms with van der Waals surface area (Å²) in [7, 11) is 1.46. The lowest BCUT2D eigenvalue weighted by Gasteiger charge is -2.25. The van der Waals surface area contributed by atoms with E-state index >= 15 is 0 Å². The molecule has 34 heteroatoms. The minimum Gasteiger partial charge on any atom is -0.445 e. The number of hydrogen-bond donors (Lipinski definition) is 7. The number of alkyl carbamates (subject to hydrolysis) is 1. The number of hydrogen-bond acceptors (Lipinski definition) is 27. The van der Waals surface area contributed by atoms with Crippen LogP contribution < -0.4 is 32.3 Å². The van der Waals surface area contributed by atoms with Gasteiger partial charge in [-0.2, -0.15) is 0 Å². The third kappa shape index (κ3) is 54.1. The van der Waals surface area contributed by atoms with E-state index in [1.54, 1.807) is 72.5 Å². The lowest BCUT2D eigenvalue weighted by Crippen LogP contribution is -2.55. The number of aromatic nitrogens is 3. The number of ether oxygens (including phenoxy) is 14. The molecule has 0 saturated carbocycles. The van der Waals surface area contributed by atoms with Crippen molar-refractivity contribution < 1.29 is 95.1 Å². The Morgan fingerprint density at radius 2 is 1.02 bits per heavy atom. The Balaban J connectivity index is 1.49. The van der Waals surface area contributed by atoms with Crippen molar-refractivity contribution in [3.05, 3.63) is 41.7 Å². The third-order valence-electron chi connectivity index (χ3n) is 12.4. The quantitative estimate of drug-likeness (QED) is 0.0151. The van der Waals surface area contributed by atoms with Crippen LogP contribution in [-0.2, 0) is 105 Å². The molecule has 1 aromatic heterocycles. The van der Waals surface area contributed by atoms with E-state index in [4.69, 9.17) is 76.9 Å². The molecule has 558 valence electrons. The van der Waals surface area contributed by atoms with Crippen molar-refractivity contribution in [1.29, 1.82) is 0 Å². The Bertz CT molecular complexity index is 2340. The van der Waals surface area contributed by atoms with E-state index < -0.39 is 48.5 Å². The first-order valence-corrected chi connectivity index (χ1v) is 36.8. The Hall–Kier alpha value is -4.34. The summed E-state index contributed by atoms with van der Waals surface area (Å²) in [5, 5.41) is 25.9. The maximum absolute atomic E-state index is 13.7. The second-order valence-electron chi connectivity index (χ2n) is 23.4. The number of anilines is 1. The van der Waals surface area contributed by atoms with E-state index in [0.29, 0.717) is 213 Å². The number of rotatable bonds is 63. The minimum absolute atomic E-state index is 0.00560. The van der Waals surface area contributed by atoms with E-state index in [9.17, 15) is 24.0 Å². The SMILES string of the molecule is CC(C)[C@H](NC(=O)CON=C(CSC(C)(C)C)CSC(C)(C)C)C(=O)N[C@@H](CCCNC(N)=O)C(=O)Nc1ccc(COC(=O)NCc2cn(CCOCCOCCOCCOCCOCCOCCOCCOCCOCCOCCOCCOCCOCCSS)nn2)cc1. The number of carbonyl (C=O) groups excluding carboxylic acids is 5. The maximum atomic E-state index is 13.7. The van der Waals surface area contributed by atoms with Gasteiger partial charge in [-0.15, -0.1) is 40.3 Å². The Morgan fingerprint density at radius 3 is 1.43 bits per heavy atom. The van der Waals surface area contributed by atoms with Crippen LogP contribution in [0.5, 0.6) is 0 Å². The van der Waals surface area contributed by atoms with Gasteiger partial charge in [0, 0.05) is 39.0 Å². The summed E-state index contributed by atoms with van der Waals surface area (Å²) in [6.07, 6.45) is 1.45. The fourth-order valence-corrected chi connectivity index (χ4v) is 9.53. The summed E-state index contributed by atoms with van der Waals surface area (Å²) < 4.78 is 78.7. The highest BCUT2D eigenvalue weighted by Gasteiger charge is 2.29. The van der Waals surface area contributed by atoms with Gasteiger partial charge in [0.2, 0.25) is 11.8 Å². The molecule has 0 unspecified atom stereocenters. The smallest absolute Gasteiger partial charge is 0.407 e. The molecule has 30 nitrogen and oxygen atoms in total. The van der Waals surface area contributed by atoms with Gasteiger partial charge in [0.1, 0.15) is 24.4 Å². The first-order valence-electron chi connectivity index (χ1n) is 32.8. The number of thioether (sulfide) groups is 2. The van der Waals surface area contributed by atoms with Crippen LogP contribution in [0.3, 0.4) is 0 Å². The summed E-state index contributed by atoms with van der Waals surface area (Å²) in [4.78, 5) is 69.9. The van der Waals surface area contributed by atoms with Gasteiger partial charge in [-0.1, -0.05) is 88.7 Å². The number of nitrogens with zero attached hydrogens (tertiary/aromatic N) is 4. The van der Waals surface area contributed by atoms with Gasteiger partial charge in [0.05, 0.1) is 197 Å².